The van der Waals surface area contributed by atoms with E-state index in [0.717, 1.165) is 31.0 Å². The zero-order valence-corrected chi connectivity index (χ0v) is 14.3. The highest BCUT2D eigenvalue weighted by Gasteiger charge is 2.31. The number of unbranched alkanes of at least 4 members (excludes halogenated alkanes) is 1. The zero-order valence-electron chi connectivity index (χ0n) is 13.5. The molecule has 134 valence electrons. The van der Waals surface area contributed by atoms with Crippen LogP contribution in [0.2, 0.25) is 5.02 Å². The number of amides is 2. The van der Waals surface area contributed by atoms with Crippen LogP contribution in [-0.2, 0) is 15.8 Å². The second kappa shape index (κ2) is 8.92. The second-order valence-corrected chi connectivity index (χ2v) is 5.76. The molecule has 0 saturated heterocycles. The van der Waals surface area contributed by atoms with E-state index >= 15 is 0 Å². The minimum absolute atomic E-state index is 0.0180. The van der Waals surface area contributed by atoms with Crippen LogP contribution < -0.4 is 5.32 Å². The Kier molecular flexibility index (Phi) is 7.54. The van der Waals surface area contributed by atoms with Crippen molar-refractivity contribution in [3.63, 3.8) is 0 Å². The summed E-state index contributed by atoms with van der Waals surface area (Å²) in [6.07, 6.45) is -2.80. The van der Waals surface area contributed by atoms with Crippen LogP contribution in [0.1, 0.15) is 38.7 Å². The molecule has 0 aliphatic rings. The number of nitrogens with one attached hydrogen (secondary N) is 1. The number of benzene rings is 1. The van der Waals surface area contributed by atoms with Crippen molar-refractivity contribution in [2.75, 3.05) is 18.4 Å². The lowest BCUT2D eigenvalue weighted by Crippen LogP contribution is -2.32. The van der Waals surface area contributed by atoms with E-state index in [1.807, 2.05) is 6.92 Å². The highest BCUT2D eigenvalue weighted by atomic mass is 35.5. The predicted molar refractivity (Wildman–Crippen MR) is 86.9 cm³/mol. The maximum absolute atomic E-state index is 12.7. The van der Waals surface area contributed by atoms with Crippen LogP contribution in [0.4, 0.5) is 18.9 Å². The van der Waals surface area contributed by atoms with Gasteiger partial charge < -0.3 is 10.2 Å². The van der Waals surface area contributed by atoms with Crippen LogP contribution in [0.3, 0.4) is 0 Å². The largest absolute Gasteiger partial charge is 0.416 e. The molecule has 1 aromatic carbocycles. The molecule has 2 amide bonds. The van der Waals surface area contributed by atoms with E-state index in [1.54, 1.807) is 0 Å². The van der Waals surface area contributed by atoms with Crippen molar-refractivity contribution in [2.24, 2.45) is 0 Å². The van der Waals surface area contributed by atoms with Gasteiger partial charge in [0.15, 0.2) is 0 Å². The van der Waals surface area contributed by atoms with Gasteiger partial charge in [0.2, 0.25) is 11.8 Å². The predicted octanol–water partition coefficient (Wildman–Crippen LogP) is 4.34. The molecule has 0 atom stereocenters. The summed E-state index contributed by atoms with van der Waals surface area (Å²) in [6, 6.07) is 2.73. The minimum atomic E-state index is -4.52. The lowest BCUT2D eigenvalue weighted by atomic mass is 10.2. The smallest absolute Gasteiger partial charge is 0.342 e. The number of alkyl halides is 3. The Labute approximate surface area is 144 Å². The van der Waals surface area contributed by atoms with Gasteiger partial charge in [-0.3, -0.25) is 9.59 Å². The molecule has 1 N–H and O–H groups in total. The summed E-state index contributed by atoms with van der Waals surface area (Å²) >= 11 is 5.83. The molecule has 0 bridgehead atoms. The van der Waals surface area contributed by atoms with Gasteiger partial charge in [-0.25, -0.2) is 0 Å². The lowest BCUT2D eigenvalue weighted by Gasteiger charge is -2.20. The number of carbonyl (C=O) groups is 2. The number of hydrogen-bond donors (Lipinski definition) is 1. The Balaban J connectivity index is 2.69. The molecule has 24 heavy (non-hydrogen) atoms. The number of carbonyl (C=O) groups excluding carboxylic acids is 2. The van der Waals surface area contributed by atoms with Gasteiger partial charge in [0.25, 0.3) is 0 Å². The molecule has 1 aromatic rings. The van der Waals surface area contributed by atoms with Crippen molar-refractivity contribution in [3.05, 3.63) is 28.8 Å². The van der Waals surface area contributed by atoms with E-state index in [9.17, 15) is 22.8 Å². The van der Waals surface area contributed by atoms with Gasteiger partial charge in [-0.15, -0.1) is 0 Å². The SMILES string of the molecule is CCCCN(CCC(=O)Nc1cc(C(F)(F)F)ccc1Cl)C(C)=O. The summed E-state index contributed by atoms with van der Waals surface area (Å²) in [4.78, 5) is 25.0. The Bertz CT molecular complexity index is 591. The molecule has 0 heterocycles. The molecule has 8 heteroatoms. The minimum Gasteiger partial charge on any atom is -0.342 e. The van der Waals surface area contributed by atoms with Gasteiger partial charge in [-0.2, -0.15) is 13.2 Å². The highest BCUT2D eigenvalue weighted by Crippen LogP contribution is 2.33. The van der Waals surface area contributed by atoms with E-state index in [0.29, 0.717) is 6.54 Å². The number of anilines is 1. The van der Waals surface area contributed by atoms with Crippen molar-refractivity contribution in [2.45, 2.75) is 39.3 Å². The molecule has 0 aromatic heterocycles. The number of hydrogen-bond acceptors (Lipinski definition) is 2. The van der Waals surface area contributed by atoms with E-state index in [4.69, 9.17) is 11.6 Å². The fraction of sp³-hybridized carbons (Fsp3) is 0.500. The van der Waals surface area contributed by atoms with Crippen molar-refractivity contribution in [3.8, 4) is 0 Å². The molecular weight excluding hydrogens is 345 g/mol. The van der Waals surface area contributed by atoms with Crippen LogP contribution in [0.5, 0.6) is 0 Å². The van der Waals surface area contributed by atoms with Crippen LogP contribution in [0.15, 0.2) is 18.2 Å². The summed E-state index contributed by atoms with van der Waals surface area (Å²) in [6.45, 7) is 4.15. The summed E-state index contributed by atoms with van der Waals surface area (Å²) < 4.78 is 38.1. The van der Waals surface area contributed by atoms with Crippen molar-refractivity contribution in [1.29, 1.82) is 0 Å². The third kappa shape index (κ3) is 6.39. The van der Waals surface area contributed by atoms with Gasteiger partial charge in [0, 0.05) is 26.4 Å². The van der Waals surface area contributed by atoms with Crippen LogP contribution >= 0.6 is 11.6 Å². The topological polar surface area (TPSA) is 49.4 Å². The monoisotopic (exact) mass is 364 g/mol. The second-order valence-electron chi connectivity index (χ2n) is 5.35. The molecular formula is C16H20ClF3N2O2. The molecule has 0 fully saturated rings. The van der Waals surface area contributed by atoms with Crippen molar-refractivity contribution < 1.29 is 22.8 Å². The summed E-state index contributed by atoms with van der Waals surface area (Å²) in [5.41, 5.74) is -0.991. The molecule has 0 saturated carbocycles. The molecule has 4 nitrogen and oxygen atoms in total. The number of nitrogens with zero attached hydrogens (tertiary/aromatic N) is 1. The highest BCUT2D eigenvalue weighted by molar-refractivity contribution is 6.33. The van der Waals surface area contributed by atoms with Crippen molar-refractivity contribution in [1.82, 2.24) is 4.90 Å². The molecule has 0 unspecified atom stereocenters. The van der Waals surface area contributed by atoms with E-state index in [2.05, 4.69) is 5.32 Å². The van der Waals surface area contributed by atoms with Gasteiger partial charge >= 0.3 is 6.18 Å². The summed E-state index contributed by atoms with van der Waals surface area (Å²) in [7, 11) is 0. The normalized spacial score (nSPS) is 11.2. The quantitative estimate of drug-likeness (QED) is 0.782. The first-order valence-electron chi connectivity index (χ1n) is 7.57. The summed E-state index contributed by atoms with van der Waals surface area (Å²) in [5, 5.41) is 2.38. The molecule has 0 spiro atoms. The lowest BCUT2D eigenvalue weighted by molar-refractivity contribution is -0.137. The van der Waals surface area contributed by atoms with Crippen LogP contribution in [-0.4, -0.2) is 29.8 Å². The molecule has 0 radical (unpaired) electrons. The standard InChI is InChI=1S/C16H20ClF3N2O2/c1-3-4-8-22(11(2)23)9-7-15(24)21-14-10-12(16(18,19)20)5-6-13(14)17/h5-6,10H,3-4,7-9H2,1-2H3,(H,21,24). The third-order valence-corrected chi connectivity index (χ3v) is 3.73. The fourth-order valence-electron chi connectivity index (χ4n) is 2.02. The van der Waals surface area contributed by atoms with Gasteiger partial charge in [-0.05, 0) is 24.6 Å². The van der Waals surface area contributed by atoms with Gasteiger partial charge in [-0.1, -0.05) is 24.9 Å². The fourth-order valence-corrected chi connectivity index (χ4v) is 2.19. The molecule has 0 aliphatic heterocycles. The maximum atomic E-state index is 12.7. The third-order valence-electron chi connectivity index (χ3n) is 3.40. The number of halogens is 4. The van der Waals surface area contributed by atoms with Crippen LogP contribution in [0.25, 0.3) is 0 Å². The van der Waals surface area contributed by atoms with E-state index in [-0.39, 0.29) is 29.6 Å². The summed E-state index contributed by atoms with van der Waals surface area (Å²) in [5.74, 6) is -0.646. The van der Waals surface area contributed by atoms with E-state index < -0.39 is 17.6 Å². The Morgan fingerprint density at radius 1 is 1.25 bits per heavy atom. The first-order valence-corrected chi connectivity index (χ1v) is 7.95. The van der Waals surface area contributed by atoms with Crippen LogP contribution in [0, 0.1) is 0 Å². The van der Waals surface area contributed by atoms with Crippen molar-refractivity contribution >= 4 is 29.1 Å². The Morgan fingerprint density at radius 2 is 1.92 bits per heavy atom. The van der Waals surface area contributed by atoms with Gasteiger partial charge in [0.05, 0.1) is 16.3 Å². The first-order chi connectivity index (χ1) is 11.1. The van der Waals surface area contributed by atoms with E-state index in [1.165, 1.54) is 11.8 Å². The Morgan fingerprint density at radius 3 is 2.46 bits per heavy atom. The number of rotatable bonds is 7. The molecule has 1 rings (SSSR count). The Hall–Kier alpha value is -1.76. The average Bonchev–Trinajstić information content (AvgIpc) is 2.48. The zero-order chi connectivity index (χ0) is 18.3. The molecule has 0 aliphatic carbocycles. The average molecular weight is 365 g/mol. The maximum Gasteiger partial charge on any atom is 0.416 e. The van der Waals surface area contributed by atoms with Gasteiger partial charge in [0.1, 0.15) is 0 Å². The first kappa shape index (κ1) is 20.3.